The number of rotatable bonds is 4. The van der Waals surface area contributed by atoms with Crippen molar-refractivity contribution in [1.82, 2.24) is 4.57 Å². The van der Waals surface area contributed by atoms with Crippen LogP contribution < -0.4 is 0 Å². The first-order chi connectivity index (χ1) is 11.5. The van der Waals surface area contributed by atoms with Crippen molar-refractivity contribution in [3.05, 3.63) is 86.6 Å². The molecule has 120 valence electrons. The van der Waals surface area contributed by atoms with Gasteiger partial charge in [-0.3, -0.25) is 15.1 Å². The van der Waals surface area contributed by atoms with E-state index in [1.54, 1.807) is 25.3 Å². The number of hydrogen-bond donors (Lipinski definition) is 0. The number of halogens is 1. The third-order valence-electron chi connectivity index (χ3n) is 3.60. The molecular formula is C18H14BrN3O2. The van der Waals surface area contributed by atoms with Crippen LogP contribution in [0.3, 0.4) is 0 Å². The third kappa shape index (κ3) is 3.44. The number of nitrogens with zero attached hydrogens (tertiary/aromatic N) is 3. The Kier molecular flexibility index (Phi) is 4.57. The summed E-state index contributed by atoms with van der Waals surface area (Å²) < 4.78 is 2.99. The van der Waals surface area contributed by atoms with Gasteiger partial charge in [0.15, 0.2) is 0 Å². The van der Waals surface area contributed by atoms with E-state index in [-0.39, 0.29) is 5.69 Å². The Morgan fingerprint density at radius 2 is 2.00 bits per heavy atom. The molecule has 0 spiro atoms. The molecule has 0 fully saturated rings. The summed E-state index contributed by atoms with van der Waals surface area (Å²) in [5.41, 5.74) is 3.14. The van der Waals surface area contributed by atoms with Gasteiger partial charge in [0.1, 0.15) is 0 Å². The topological polar surface area (TPSA) is 60.4 Å². The van der Waals surface area contributed by atoms with Crippen LogP contribution in [0.5, 0.6) is 0 Å². The molecule has 0 aliphatic carbocycles. The predicted molar refractivity (Wildman–Crippen MR) is 98.6 cm³/mol. The molecule has 0 saturated heterocycles. The van der Waals surface area contributed by atoms with E-state index in [4.69, 9.17) is 0 Å². The molecule has 24 heavy (non-hydrogen) atoms. The van der Waals surface area contributed by atoms with E-state index in [0.29, 0.717) is 11.3 Å². The van der Waals surface area contributed by atoms with Crippen LogP contribution in [-0.4, -0.2) is 15.7 Å². The van der Waals surface area contributed by atoms with Crippen molar-refractivity contribution in [2.45, 2.75) is 6.92 Å². The minimum atomic E-state index is -0.390. The van der Waals surface area contributed by atoms with Gasteiger partial charge in [-0.15, -0.1) is 0 Å². The first-order valence-electron chi connectivity index (χ1n) is 7.27. The molecule has 0 unspecified atom stereocenters. The molecule has 0 bridgehead atoms. The molecule has 1 heterocycles. The lowest BCUT2D eigenvalue weighted by atomic mass is 10.2. The number of benzene rings is 2. The second kappa shape index (κ2) is 6.80. The molecule has 3 aromatic rings. The smallest absolute Gasteiger partial charge is 0.274 e. The number of nitro benzene ring substituents is 1. The van der Waals surface area contributed by atoms with Gasteiger partial charge >= 0.3 is 0 Å². The highest BCUT2D eigenvalue weighted by atomic mass is 79.9. The zero-order valence-electron chi connectivity index (χ0n) is 12.9. The van der Waals surface area contributed by atoms with Crippen LogP contribution in [0.1, 0.15) is 11.3 Å². The fourth-order valence-electron chi connectivity index (χ4n) is 2.38. The predicted octanol–water partition coefficient (Wildman–Crippen LogP) is 5.21. The van der Waals surface area contributed by atoms with Crippen molar-refractivity contribution < 1.29 is 4.92 Å². The minimum absolute atomic E-state index is 0.0759. The Bertz CT molecular complexity index is 932. The van der Waals surface area contributed by atoms with Gasteiger partial charge in [-0.2, -0.15) is 0 Å². The van der Waals surface area contributed by atoms with E-state index in [2.05, 4.69) is 20.9 Å². The van der Waals surface area contributed by atoms with Crippen molar-refractivity contribution in [2.75, 3.05) is 0 Å². The molecule has 3 rings (SSSR count). The quantitative estimate of drug-likeness (QED) is 0.352. The van der Waals surface area contributed by atoms with Crippen molar-refractivity contribution in [2.24, 2.45) is 4.99 Å². The summed E-state index contributed by atoms with van der Waals surface area (Å²) in [6.07, 6.45) is 3.65. The Morgan fingerprint density at radius 3 is 2.75 bits per heavy atom. The number of aryl methyl sites for hydroxylation is 1. The van der Waals surface area contributed by atoms with Crippen molar-refractivity contribution in [3.63, 3.8) is 0 Å². The first-order valence-corrected chi connectivity index (χ1v) is 8.06. The van der Waals surface area contributed by atoms with E-state index in [9.17, 15) is 10.1 Å². The monoisotopic (exact) mass is 383 g/mol. The van der Waals surface area contributed by atoms with Gasteiger partial charge in [-0.25, -0.2) is 0 Å². The Labute approximate surface area is 147 Å². The molecule has 6 heteroatoms. The van der Waals surface area contributed by atoms with Crippen LogP contribution >= 0.6 is 15.9 Å². The van der Waals surface area contributed by atoms with Gasteiger partial charge in [-0.05, 0) is 43.3 Å². The van der Waals surface area contributed by atoms with Crippen molar-refractivity contribution in [3.8, 4) is 5.69 Å². The van der Waals surface area contributed by atoms with Crippen LogP contribution in [0.15, 0.2) is 70.3 Å². The highest BCUT2D eigenvalue weighted by Gasteiger charge is 2.10. The number of aliphatic imine (C=N–C) groups is 1. The summed E-state index contributed by atoms with van der Waals surface area (Å²) >= 11 is 3.47. The number of hydrogen-bond acceptors (Lipinski definition) is 3. The van der Waals surface area contributed by atoms with Gasteiger partial charge < -0.3 is 4.57 Å². The maximum absolute atomic E-state index is 11.0. The Balaban J connectivity index is 1.93. The molecule has 5 nitrogen and oxygen atoms in total. The number of aromatic nitrogens is 1. The van der Waals surface area contributed by atoms with Crippen molar-refractivity contribution in [1.29, 1.82) is 0 Å². The number of nitro groups is 1. The summed E-state index contributed by atoms with van der Waals surface area (Å²) in [5, 5.41) is 11.0. The standard InChI is InChI=1S/C18H14BrN3O2/c1-13-7-8-15(11-18(13)22(23)24)20-12-17-6-3-9-21(17)16-5-2-4-14(19)10-16/h2-12H,1H3. The highest BCUT2D eigenvalue weighted by Crippen LogP contribution is 2.24. The summed E-state index contributed by atoms with van der Waals surface area (Å²) in [6.45, 7) is 1.71. The van der Waals surface area contributed by atoms with E-state index in [1.807, 2.05) is 47.2 Å². The molecule has 0 aliphatic heterocycles. The van der Waals surface area contributed by atoms with Crippen LogP contribution in [0, 0.1) is 17.0 Å². The third-order valence-corrected chi connectivity index (χ3v) is 4.10. The summed E-state index contributed by atoms with van der Waals surface area (Å²) in [7, 11) is 0. The average molecular weight is 384 g/mol. The lowest BCUT2D eigenvalue weighted by molar-refractivity contribution is -0.385. The summed E-state index contributed by atoms with van der Waals surface area (Å²) in [5.74, 6) is 0. The van der Waals surface area contributed by atoms with E-state index >= 15 is 0 Å². The molecule has 0 atom stereocenters. The molecule has 0 radical (unpaired) electrons. The van der Waals surface area contributed by atoms with Gasteiger partial charge in [0, 0.05) is 28.0 Å². The molecule has 0 saturated carbocycles. The highest BCUT2D eigenvalue weighted by molar-refractivity contribution is 9.10. The van der Waals surface area contributed by atoms with E-state index < -0.39 is 4.92 Å². The van der Waals surface area contributed by atoms with E-state index in [1.165, 1.54) is 6.07 Å². The second-order valence-electron chi connectivity index (χ2n) is 5.27. The van der Waals surface area contributed by atoms with E-state index in [0.717, 1.165) is 15.9 Å². The second-order valence-corrected chi connectivity index (χ2v) is 6.18. The fraction of sp³-hybridized carbons (Fsp3) is 0.0556. The Hall–Kier alpha value is -2.73. The lowest BCUT2D eigenvalue weighted by Gasteiger charge is -2.06. The molecule has 0 amide bonds. The fourth-order valence-corrected chi connectivity index (χ4v) is 2.76. The molecule has 0 aliphatic rings. The summed E-state index contributed by atoms with van der Waals surface area (Å²) in [4.78, 5) is 15.0. The first kappa shape index (κ1) is 16.1. The molecule has 2 aromatic carbocycles. The molecular weight excluding hydrogens is 370 g/mol. The van der Waals surface area contributed by atoms with Gasteiger partial charge in [0.2, 0.25) is 0 Å². The Morgan fingerprint density at radius 1 is 1.17 bits per heavy atom. The van der Waals surface area contributed by atoms with Gasteiger partial charge in [-0.1, -0.05) is 28.1 Å². The van der Waals surface area contributed by atoms with Gasteiger partial charge in [0.05, 0.1) is 22.5 Å². The van der Waals surface area contributed by atoms with Crippen LogP contribution in [0.2, 0.25) is 0 Å². The maximum Gasteiger partial charge on any atom is 0.274 e. The maximum atomic E-state index is 11.0. The normalized spacial score (nSPS) is 11.1. The molecule has 0 N–H and O–H groups in total. The van der Waals surface area contributed by atoms with Crippen LogP contribution in [-0.2, 0) is 0 Å². The summed E-state index contributed by atoms with van der Waals surface area (Å²) in [6, 6.07) is 16.8. The minimum Gasteiger partial charge on any atom is -0.316 e. The van der Waals surface area contributed by atoms with Crippen LogP contribution in [0.25, 0.3) is 5.69 Å². The van der Waals surface area contributed by atoms with Gasteiger partial charge in [0.25, 0.3) is 5.69 Å². The molecule has 1 aromatic heterocycles. The SMILES string of the molecule is Cc1ccc(N=Cc2cccn2-c2cccc(Br)c2)cc1[N+](=O)[O-]. The zero-order valence-corrected chi connectivity index (χ0v) is 14.5. The van der Waals surface area contributed by atoms with Crippen molar-refractivity contribution >= 4 is 33.5 Å². The lowest BCUT2D eigenvalue weighted by Crippen LogP contribution is -1.97. The zero-order chi connectivity index (χ0) is 17.1. The largest absolute Gasteiger partial charge is 0.316 e. The van der Waals surface area contributed by atoms with Crippen LogP contribution in [0.4, 0.5) is 11.4 Å². The average Bonchev–Trinajstić information content (AvgIpc) is 3.02.